The Bertz CT molecular complexity index is 831. The lowest BCUT2D eigenvalue weighted by Crippen LogP contribution is -2.13. The third-order valence-electron chi connectivity index (χ3n) is 5.18. The van der Waals surface area contributed by atoms with Gasteiger partial charge in [0, 0.05) is 11.5 Å². The number of fused-ring (bicyclic) bond motifs is 1. The SMILES string of the molecule is COc1ccccc1Cn1c(C2CCCCC2)nc2ccccc21. The Balaban J connectivity index is 1.80. The van der Waals surface area contributed by atoms with Gasteiger partial charge in [0.15, 0.2) is 0 Å². The summed E-state index contributed by atoms with van der Waals surface area (Å²) in [6.45, 7) is 0.816. The molecule has 3 nitrogen and oxygen atoms in total. The van der Waals surface area contributed by atoms with E-state index >= 15 is 0 Å². The monoisotopic (exact) mass is 320 g/mol. The molecule has 0 atom stereocenters. The highest BCUT2D eigenvalue weighted by Gasteiger charge is 2.22. The van der Waals surface area contributed by atoms with E-state index in [1.54, 1.807) is 7.11 Å². The number of aromatic nitrogens is 2. The van der Waals surface area contributed by atoms with Gasteiger partial charge < -0.3 is 9.30 Å². The van der Waals surface area contributed by atoms with E-state index in [9.17, 15) is 0 Å². The number of methoxy groups -OCH3 is 1. The fourth-order valence-electron chi connectivity index (χ4n) is 3.94. The quantitative estimate of drug-likeness (QED) is 0.665. The molecule has 0 saturated heterocycles. The van der Waals surface area contributed by atoms with Gasteiger partial charge in [-0.05, 0) is 31.0 Å². The minimum absolute atomic E-state index is 0.584. The highest BCUT2D eigenvalue weighted by Crippen LogP contribution is 2.34. The lowest BCUT2D eigenvalue weighted by Gasteiger charge is -2.22. The number of ether oxygens (including phenoxy) is 1. The van der Waals surface area contributed by atoms with Crippen LogP contribution in [0, 0.1) is 0 Å². The van der Waals surface area contributed by atoms with Gasteiger partial charge in [-0.15, -0.1) is 0 Å². The van der Waals surface area contributed by atoms with Crippen molar-refractivity contribution in [2.75, 3.05) is 7.11 Å². The van der Waals surface area contributed by atoms with Gasteiger partial charge in [0.05, 0.1) is 24.7 Å². The molecule has 0 bridgehead atoms. The van der Waals surface area contributed by atoms with Crippen molar-refractivity contribution in [2.24, 2.45) is 0 Å². The summed E-state index contributed by atoms with van der Waals surface area (Å²) in [5.74, 6) is 2.78. The number of benzene rings is 2. The summed E-state index contributed by atoms with van der Waals surface area (Å²) >= 11 is 0. The number of para-hydroxylation sites is 3. The molecule has 2 aromatic carbocycles. The van der Waals surface area contributed by atoms with Crippen LogP contribution < -0.4 is 4.74 Å². The van der Waals surface area contributed by atoms with Crippen molar-refractivity contribution in [1.82, 2.24) is 9.55 Å². The van der Waals surface area contributed by atoms with Gasteiger partial charge in [0.2, 0.25) is 0 Å². The largest absolute Gasteiger partial charge is 0.496 e. The maximum atomic E-state index is 5.56. The van der Waals surface area contributed by atoms with Crippen molar-refractivity contribution >= 4 is 11.0 Å². The Morgan fingerprint density at radius 1 is 1.00 bits per heavy atom. The molecule has 0 spiro atoms. The molecule has 1 aromatic heterocycles. The summed E-state index contributed by atoms with van der Waals surface area (Å²) in [4.78, 5) is 5.01. The second-order valence-electron chi connectivity index (χ2n) is 6.69. The van der Waals surface area contributed by atoms with Crippen LogP contribution in [0.5, 0.6) is 5.75 Å². The highest BCUT2D eigenvalue weighted by atomic mass is 16.5. The average molecular weight is 320 g/mol. The third-order valence-corrected chi connectivity index (χ3v) is 5.18. The van der Waals surface area contributed by atoms with E-state index in [4.69, 9.17) is 9.72 Å². The summed E-state index contributed by atoms with van der Waals surface area (Å²) in [5, 5.41) is 0. The summed E-state index contributed by atoms with van der Waals surface area (Å²) < 4.78 is 7.96. The van der Waals surface area contributed by atoms with Crippen LogP contribution in [0.3, 0.4) is 0 Å². The number of rotatable bonds is 4. The number of hydrogen-bond acceptors (Lipinski definition) is 2. The Labute approximate surface area is 143 Å². The van der Waals surface area contributed by atoms with Crippen LogP contribution in [-0.4, -0.2) is 16.7 Å². The van der Waals surface area contributed by atoms with Crippen molar-refractivity contribution < 1.29 is 4.74 Å². The molecule has 3 heteroatoms. The standard InChI is InChI=1S/C21H24N2O/c1-24-20-14-8-5-11-17(20)15-23-19-13-7-6-12-18(19)22-21(23)16-9-3-2-4-10-16/h5-8,11-14,16H,2-4,9-10,15H2,1H3. The second kappa shape index (κ2) is 6.68. The minimum Gasteiger partial charge on any atom is -0.496 e. The Hall–Kier alpha value is -2.29. The molecule has 1 aliphatic rings. The summed E-state index contributed by atoms with van der Waals surface area (Å²) in [7, 11) is 1.74. The third kappa shape index (κ3) is 2.79. The molecule has 0 amide bonds. The van der Waals surface area contributed by atoms with Gasteiger partial charge >= 0.3 is 0 Å². The van der Waals surface area contributed by atoms with Crippen molar-refractivity contribution in [2.45, 2.75) is 44.6 Å². The van der Waals surface area contributed by atoms with Gasteiger partial charge in [-0.3, -0.25) is 0 Å². The lowest BCUT2D eigenvalue weighted by molar-refractivity contribution is 0.404. The lowest BCUT2D eigenvalue weighted by atomic mass is 9.88. The smallest absolute Gasteiger partial charge is 0.123 e. The first-order chi connectivity index (χ1) is 11.9. The zero-order chi connectivity index (χ0) is 16.4. The zero-order valence-corrected chi connectivity index (χ0v) is 14.2. The van der Waals surface area contributed by atoms with Crippen LogP contribution in [0.15, 0.2) is 48.5 Å². The predicted octanol–water partition coefficient (Wildman–Crippen LogP) is 5.14. The van der Waals surface area contributed by atoms with Gasteiger partial charge in [0.1, 0.15) is 11.6 Å². The van der Waals surface area contributed by atoms with Crippen LogP contribution >= 0.6 is 0 Å². The number of nitrogens with zero attached hydrogens (tertiary/aromatic N) is 2. The molecule has 24 heavy (non-hydrogen) atoms. The van der Waals surface area contributed by atoms with E-state index in [1.165, 1.54) is 49.0 Å². The zero-order valence-electron chi connectivity index (χ0n) is 14.2. The maximum absolute atomic E-state index is 5.56. The molecule has 1 heterocycles. The molecular weight excluding hydrogens is 296 g/mol. The summed E-state index contributed by atoms with van der Waals surface area (Å²) in [6.07, 6.45) is 6.53. The molecule has 0 N–H and O–H groups in total. The molecule has 124 valence electrons. The second-order valence-corrected chi connectivity index (χ2v) is 6.69. The molecule has 1 aliphatic carbocycles. The topological polar surface area (TPSA) is 27.1 Å². The number of hydrogen-bond donors (Lipinski definition) is 0. The fraction of sp³-hybridized carbons (Fsp3) is 0.381. The van der Waals surface area contributed by atoms with Crippen LogP contribution in [0.4, 0.5) is 0 Å². The molecule has 1 fully saturated rings. The molecular formula is C21H24N2O. The molecule has 3 aromatic rings. The van der Waals surface area contributed by atoms with E-state index in [-0.39, 0.29) is 0 Å². The first kappa shape index (κ1) is 15.3. The van der Waals surface area contributed by atoms with Crippen molar-refractivity contribution in [3.63, 3.8) is 0 Å². The molecule has 4 rings (SSSR count). The van der Waals surface area contributed by atoms with Crippen molar-refractivity contribution in [1.29, 1.82) is 0 Å². The molecule has 0 aliphatic heterocycles. The predicted molar refractivity (Wildman–Crippen MR) is 97.7 cm³/mol. The van der Waals surface area contributed by atoms with Crippen molar-refractivity contribution in [3.8, 4) is 5.75 Å². The van der Waals surface area contributed by atoms with Gasteiger partial charge in [0.25, 0.3) is 0 Å². The van der Waals surface area contributed by atoms with E-state index in [0.717, 1.165) is 17.8 Å². The normalized spacial score (nSPS) is 15.7. The van der Waals surface area contributed by atoms with Gasteiger partial charge in [-0.1, -0.05) is 49.6 Å². The summed E-state index contributed by atoms with van der Waals surface area (Å²) in [5.41, 5.74) is 3.54. The average Bonchev–Trinajstić information content (AvgIpc) is 3.02. The molecule has 0 radical (unpaired) electrons. The first-order valence-electron chi connectivity index (χ1n) is 8.94. The van der Waals surface area contributed by atoms with E-state index in [0.29, 0.717) is 5.92 Å². The maximum Gasteiger partial charge on any atom is 0.123 e. The van der Waals surface area contributed by atoms with Gasteiger partial charge in [-0.2, -0.15) is 0 Å². The Morgan fingerprint density at radius 3 is 2.58 bits per heavy atom. The van der Waals surface area contributed by atoms with E-state index < -0.39 is 0 Å². The highest BCUT2D eigenvalue weighted by molar-refractivity contribution is 5.76. The fourth-order valence-corrected chi connectivity index (χ4v) is 3.94. The van der Waals surface area contributed by atoms with Crippen LogP contribution in [0.25, 0.3) is 11.0 Å². The number of imidazole rings is 1. The minimum atomic E-state index is 0.584. The van der Waals surface area contributed by atoms with Gasteiger partial charge in [-0.25, -0.2) is 4.98 Å². The Morgan fingerprint density at radius 2 is 1.75 bits per heavy atom. The summed E-state index contributed by atoms with van der Waals surface area (Å²) in [6, 6.07) is 16.8. The molecule has 1 saturated carbocycles. The van der Waals surface area contributed by atoms with Crippen LogP contribution in [0.2, 0.25) is 0 Å². The van der Waals surface area contributed by atoms with E-state index in [1.807, 2.05) is 12.1 Å². The van der Waals surface area contributed by atoms with Crippen LogP contribution in [0.1, 0.15) is 49.4 Å². The van der Waals surface area contributed by atoms with Crippen molar-refractivity contribution in [3.05, 3.63) is 59.9 Å². The Kier molecular flexibility index (Phi) is 4.24. The molecule has 0 unspecified atom stereocenters. The van der Waals surface area contributed by atoms with E-state index in [2.05, 4.69) is 41.0 Å². The van der Waals surface area contributed by atoms with Crippen LogP contribution in [-0.2, 0) is 6.54 Å². The first-order valence-corrected chi connectivity index (χ1v) is 8.94.